The van der Waals surface area contributed by atoms with E-state index < -0.39 is 0 Å². The predicted octanol–water partition coefficient (Wildman–Crippen LogP) is 4.08. The summed E-state index contributed by atoms with van der Waals surface area (Å²) in [6, 6.07) is 5.49. The Morgan fingerprint density at radius 3 is 2.84 bits per heavy atom. The normalized spacial score (nSPS) is 14.3. The molecule has 1 aromatic heterocycles. The van der Waals surface area contributed by atoms with Gasteiger partial charge in [0.2, 0.25) is 0 Å². The third-order valence-corrected chi connectivity index (χ3v) is 4.05. The number of aromatic nitrogens is 2. The number of benzene rings is 1. The van der Waals surface area contributed by atoms with Crippen LogP contribution in [-0.4, -0.2) is 15.8 Å². The number of rotatable bonds is 1. The first-order valence-corrected chi connectivity index (χ1v) is 7.17. The summed E-state index contributed by atoms with van der Waals surface area (Å²) in [4.78, 5) is 20.6. The van der Waals surface area contributed by atoms with Crippen LogP contribution in [-0.2, 0) is 6.42 Å². The number of ketones is 1. The third kappa shape index (κ3) is 2.42. The molecule has 0 radical (unpaired) electrons. The molecule has 3 rings (SSSR count). The van der Waals surface area contributed by atoms with Gasteiger partial charge in [-0.05, 0) is 47.0 Å². The summed E-state index contributed by atoms with van der Waals surface area (Å²) >= 11 is 9.38. The number of nitrogens with zero attached hydrogens (tertiary/aromatic N) is 2. The molecular formula is C14H10BrClN2O. The highest BCUT2D eigenvalue weighted by Gasteiger charge is 2.20. The molecule has 0 atom stereocenters. The molecule has 0 unspecified atom stereocenters. The zero-order valence-electron chi connectivity index (χ0n) is 9.99. The molecule has 0 saturated carbocycles. The van der Waals surface area contributed by atoms with Gasteiger partial charge in [-0.1, -0.05) is 11.6 Å². The standard InChI is InChI=1S/C14H10BrClN2O/c15-11-6-8(16)4-5-9(11)14-17-7-10-12(18-14)2-1-3-13(10)19/h4-7H,1-3H2. The first-order chi connectivity index (χ1) is 9.15. The Hall–Kier alpha value is -1.26. The molecule has 0 spiro atoms. The van der Waals surface area contributed by atoms with Crippen LogP contribution >= 0.6 is 27.5 Å². The lowest BCUT2D eigenvalue weighted by Crippen LogP contribution is -2.13. The number of Topliss-reactive ketones (excluding diaryl/α,β-unsaturated/α-hetero) is 1. The number of fused-ring (bicyclic) bond motifs is 1. The average Bonchev–Trinajstić information content (AvgIpc) is 2.38. The van der Waals surface area contributed by atoms with Gasteiger partial charge in [0.05, 0.1) is 11.3 Å². The maximum absolute atomic E-state index is 11.7. The summed E-state index contributed by atoms with van der Waals surface area (Å²) in [5, 5.41) is 0.656. The first-order valence-electron chi connectivity index (χ1n) is 5.99. The van der Waals surface area contributed by atoms with E-state index in [1.807, 2.05) is 12.1 Å². The van der Waals surface area contributed by atoms with Crippen LogP contribution in [0.25, 0.3) is 11.4 Å². The lowest BCUT2D eigenvalue weighted by Gasteiger charge is -2.14. The van der Waals surface area contributed by atoms with Gasteiger partial charge in [-0.15, -0.1) is 0 Å². The fourth-order valence-corrected chi connectivity index (χ4v) is 3.05. The fraction of sp³-hybridized carbons (Fsp3) is 0.214. The lowest BCUT2D eigenvalue weighted by atomic mass is 9.96. The van der Waals surface area contributed by atoms with Gasteiger partial charge in [0.1, 0.15) is 0 Å². The van der Waals surface area contributed by atoms with E-state index in [2.05, 4.69) is 25.9 Å². The van der Waals surface area contributed by atoms with E-state index >= 15 is 0 Å². The maximum atomic E-state index is 11.7. The van der Waals surface area contributed by atoms with Crippen LogP contribution in [0, 0.1) is 0 Å². The maximum Gasteiger partial charge on any atom is 0.166 e. The van der Waals surface area contributed by atoms with E-state index in [9.17, 15) is 4.79 Å². The summed E-state index contributed by atoms with van der Waals surface area (Å²) < 4.78 is 0.849. The van der Waals surface area contributed by atoms with E-state index in [0.717, 1.165) is 28.6 Å². The quantitative estimate of drug-likeness (QED) is 0.787. The SMILES string of the molecule is O=C1CCCc2nc(-c3ccc(Cl)cc3Br)ncc21. The molecule has 0 aliphatic heterocycles. The monoisotopic (exact) mass is 336 g/mol. The number of hydrogen-bond acceptors (Lipinski definition) is 3. The van der Waals surface area contributed by atoms with E-state index in [1.165, 1.54) is 0 Å². The molecule has 2 aromatic rings. The minimum absolute atomic E-state index is 0.142. The van der Waals surface area contributed by atoms with Crippen molar-refractivity contribution >= 4 is 33.3 Å². The number of halogens is 2. The molecular weight excluding hydrogens is 328 g/mol. The van der Waals surface area contributed by atoms with Gasteiger partial charge in [0, 0.05) is 27.7 Å². The molecule has 0 N–H and O–H groups in total. The van der Waals surface area contributed by atoms with Gasteiger partial charge in [-0.2, -0.15) is 0 Å². The van der Waals surface area contributed by atoms with Crippen LogP contribution in [0.5, 0.6) is 0 Å². The molecule has 0 fully saturated rings. The fourth-order valence-electron chi connectivity index (χ4n) is 2.19. The Bertz CT molecular complexity index is 672. The second-order valence-corrected chi connectivity index (χ2v) is 5.75. The molecule has 1 aliphatic rings. The van der Waals surface area contributed by atoms with Crippen LogP contribution in [0.3, 0.4) is 0 Å². The van der Waals surface area contributed by atoms with Crippen molar-refractivity contribution < 1.29 is 4.79 Å². The van der Waals surface area contributed by atoms with E-state index in [-0.39, 0.29) is 5.78 Å². The van der Waals surface area contributed by atoms with Crippen molar-refractivity contribution in [2.24, 2.45) is 0 Å². The lowest BCUT2D eigenvalue weighted by molar-refractivity contribution is 0.0971. The molecule has 0 saturated heterocycles. The molecule has 1 aromatic carbocycles. The smallest absolute Gasteiger partial charge is 0.166 e. The zero-order valence-corrected chi connectivity index (χ0v) is 12.3. The van der Waals surface area contributed by atoms with Gasteiger partial charge < -0.3 is 0 Å². The Morgan fingerprint density at radius 1 is 1.21 bits per heavy atom. The van der Waals surface area contributed by atoms with E-state index in [0.29, 0.717) is 22.8 Å². The molecule has 0 amide bonds. The Morgan fingerprint density at radius 2 is 2.05 bits per heavy atom. The molecule has 0 bridgehead atoms. The van der Waals surface area contributed by atoms with Gasteiger partial charge >= 0.3 is 0 Å². The first kappa shape index (κ1) is 12.8. The predicted molar refractivity (Wildman–Crippen MR) is 77.4 cm³/mol. The average molecular weight is 338 g/mol. The van der Waals surface area contributed by atoms with Crippen molar-refractivity contribution in [2.45, 2.75) is 19.3 Å². The van der Waals surface area contributed by atoms with Crippen LogP contribution < -0.4 is 0 Å². The zero-order chi connectivity index (χ0) is 13.4. The Balaban J connectivity index is 2.09. The van der Waals surface area contributed by atoms with Gasteiger partial charge in [-0.25, -0.2) is 9.97 Å². The summed E-state index contributed by atoms with van der Waals surface area (Å²) in [6.45, 7) is 0. The van der Waals surface area contributed by atoms with E-state index in [4.69, 9.17) is 11.6 Å². The van der Waals surface area contributed by atoms with Gasteiger partial charge in [0.25, 0.3) is 0 Å². The Labute approximate surface area is 124 Å². The van der Waals surface area contributed by atoms with E-state index in [1.54, 1.807) is 12.3 Å². The third-order valence-electron chi connectivity index (χ3n) is 3.16. The van der Waals surface area contributed by atoms with Crippen molar-refractivity contribution in [3.63, 3.8) is 0 Å². The molecule has 19 heavy (non-hydrogen) atoms. The van der Waals surface area contributed by atoms with Crippen LogP contribution in [0.4, 0.5) is 0 Å². The number of hydrogen-bond donors (Lipinski definition) is 0. The molecule has 96 valence electrons. The van der Waals surface area contributed by atoms with Crippen molar-refractivity contribution in [3.8, 4) is 11.4 Å². The topological polar surface area (TPSA) is 42.9 Å². The van der Waals surface area contributed by atoms with Crippen LogP contribution in [0.1, 0.15) is 28.9 Å². The van der Waals surface area contributed by atoms with Crippen molar-refractivity contribution in [1.29, 1.82) is 0 Å². The summed E-state index contributed by atoms with van der Waals surface area (Å²) in [7, 11) is 0. The molecule has 3 nitrogen and oxygen atoms in total. The highest BCUT2D eigenvalue weighted by Crippen LogP contribution is 2.29. The minimum atomic E-state index is 0.142. The van der Waals surface area contributed by atoms with Gasteiger partial charge in [0.15, 0.2) is 11.6 Å². The number of carbonyl (C=O) groups excluding carboxylic acids is 1. The van der Waals surface area contributed by atoms with Gasteiger partial charge in [-0.3, -0.25) is 4.79 Å². The molecule has 5 heteroatoms. The largest absolute Gasteiger partial charge is 0.294 e. The van der Waals surface area contributed by atoms with Crippen molar-refractivity contribution in [3.05, 3.63) is 45.1 Å². The number of aryl methyl sites for hydroxylation is 1. The van der Waals surface area contributed by atoms with Crippen LogP contribution in [0.15, 0.2) is 28.9 Å². The minimum Gasteiger partial charge on any atom is -0.294 e. The number of carbonyl (C=O) groups is 1. The van der Waals surface area contributed by atoms with Crippen molar-refractivity contribution in [1.82, 2.24) is 9.97 Å². The second-order valence-electron chi connectivity index (χ2n) is 4.45. The summed E-state index contributed by atoms with van der Waals surface area (Å²) in [6.07, 6.45) is 3.94. The van der Waals surface area contributed by atoms with Crippen molar-refractivity contribution in [2.75, 3.05) is 0 Å². The van der Waals surface area contributed by atoms with Crippen LogP contribution in [0.2, 0.25) is 5.02 Å². The Kier molecular flexibility index (Phi) is 3.37. The summed E-state index contributed by atoms with van der Waals surface area (Å²) in [5.74, 6) is 0.764. The second kappa shape index (κ2) is 5.02. The summed E-state index contributed by atoms with van der Waals surface area (Å²) in [5.41, 5.74) is 2.40. The molecule has 1 heterocycles. The highest BCUT2D eigenvalue weighted by atomic mass is 79.9. The highest BCUT2D eigenvalue weighted by molar-refractivity contribution is 9.10. The molecule has 1 aliphatic carbocycles.